The van der Waals surface area contributed by atoms with Gasteiger partial charge in [0.25, 0.3) is 0 Å². The minimum absolute atomic E-state index is 0.0173. The topological polar surface area (TPSA) is 37.4 Å². The van der Waals surface area contributed by atoms with Crippen molar-refractivity contribution in [2.75, 3.05) is 4.90 Å². The van der Waals surface area contributed by atoms with Crippen molar-refractivity contribution < 1.29 is 22.8 Å². The van der Waals surface area contributed by atoms with Crippen molar-refractivity contribution in [3.05, 3.63) is 53.1 Å². The van der Waals surface area contributed by atoms with E-state index in [2.05, 4.69) is 0 Å². The summed E-state index contributed by atoms with van der Waals surface area (Å²) in [6, 6.07) is 4.48. The second-order valence-corrected chi connectivity index (χ2v) is 7.81. The van der Waals surface area contributed by atoms with Gasteiger partial charge in [-0.2, -0.15) is 13.2 Å². The highest BCUT2D eigenvalue weighted by atomic mass is 19.4. The number of halogens is 3. The Kier molecular flexibility index (Phi) is 3.46. The van der Waals surface area contributed by atoms with Crippen molar-refractivity contribution in [2.24, 2.45) is 23.7 Å². The number of carbonyl (C=O) groups excluding carboxylic acids is 2. The molecular formula is C21H18F3NO2. The zero-order chi connectivity index (χ0) is 18.9. The summed E-state index contributed by atoms with van der Waals surface area (Å²) in [5, 5.41) is 0. The maximum Gasteiger partial charge on any atom is 0.416 e. The van der Waals surface area contributed by atoms with Gasteiger partial charge in [0, 0.05) is 11.8 Å². The Labute approximate surface area is 154 Å². The number of hydrogen-bond acceptors (Lipinski definition) is 2. The molecule has 3 fully saturated rings. The van der Waals surface area contributed by atoms with Crippen LogP contribution in [0.3, 0.4) is 0 Å². The standard InChI is InChI=1S/C21H18F3NO2/c22-21(23,24)12-6-3-7-13(10-12)25-19(26)17-14-8-9-15(18(17)20(25)27)16(14)11-4-1-2-5-11/h3,6-10,14-15,17-18H,1-2,4-5H2/t14-,15+,17-,18-/m0/s1. The summed E-state index contributed by atoms with van der Waals surface area (Å²) in [5.41, 5.74) is 1.79. The van der Waals surface area contributed by atoms with E-state index in [0.29, 0.717) is 0 Å². The minimum atomic E-state index is -4.52. The van der Waals surface area contributed by atoms with Crippen LogP contribution in [-0.4, -0.2) is 11.8 Å². The van der Waals surface area contributed by atoms with Gasteiger partial charge in [-0.05, 0) is 43.9 Å². The molecule has 6 heteroatoms. The molecule has 0 spiro atoms. The number of allylic oxidation sites excluding steroid dienone is 4. The third kappa shape index (κ3) is 2.28. The van der Waals surface area contributed by atoms with E-state index in [1.54, 1.807) is 0 Å². The molecule has 4 atom stereocenters. The number of carbonyl (C=O) groups is 2. The van der Waals surface area contributed by atoms with Crippen LogP contribution in [0.4, 0.5) is 18.9 Å². The van der Waals surface area contributed by atoms with E-state index in [0.717, 1.165) is 42.7 Å². The first-order valence-corrected chi connectivity index (χ1v) is 9.33. The highest BCUT2D eigenvalue weighted by Crippen LogP contribution is 2.58. The van der Waals surface area contributed by atoms with Crippen molar-refractivity contribution in [1.82, 2.24) is 0 Å². The smallest absolute Gasteiger partial charge is 0.274 e. The molecule has 1 saturated heterocycles. The van der Waals surface area contributed by atoms with Crippen LogP contribution in [0.15, 0.2) is 47.6 Å². The zero-order valence-corrected chi connectivity index (χ0v) is 14.5. The molecule has 5 rings (SSSR count). The van der Waals surface area contributed by atoms with Crippen molar-refractivity contribution in [3.8, 4) is 0 Å². The molecule has 1 heterocycles. The summed E-state index contributed by atoms with van der Waals surface area (Å²) in [6.07, 6.45) is 3.88. The number of benzene rings is 1. The molecule has 3 aliphatic carbocycles. The van der Waals surface area contributed by atoms with Gasteiger partial charge in [-0.1, -0.05) is 29.4 Å². The number of nitrogens with zero attached hydrogens (tertiary/aromatic N) is 1. The maximum absolute atomic E-state index is 13.1. The predicted molar refractivity (Wildman–Crippen MR) is 92.5 cm³/mol. The largest absolute Gasteiger partial charge is 0.416 e. The third-order valence-electron chi connectivity index (χ3n) is 6.46. The van der Waals surface area contributed by atoms with Gasteiger partial charge in [0.15, 0.2) is 0 Å². The van der Waals surface area contributed by atoms with Crippen LogP contribution in [0.25, 0.3) is 0 Å². The minimum Gasteiger partial charge on any atom is -0.274 e. The zero-order valence-electron chi connectivity index (χ0n) is 14.5. The van der Waals surface area contributed by atoms with Crippen molar-refractivity contribution in [2.45, 2.75) is 31.9 Å². The molecule has 2 saturated carbocycles. The normalized spacial score (nSPS) is 32.2. The molecule has 1 aliphatic heterocycles. The van der Waals surface area contributed by atoms with Crippen LogP contribution in [0.1, 0.15) is 31.2 Å². The van der Waals surface area contributed by atoms with Gasteiger partial charge >= 0.3 is 6.18 Å². The fourth-order valence-corrected chi connectivity index (χ4v) is 5.40. The van der Waals surface area contributed by atoms with E-state index in [1.165, 1.54) is 23.3 Å². The van der Waals surface area contributed by atoms with Gasteiger partial charge in [0.05, 0.1) is 23.1 Å². The second kappa shape index (κ2) is 5.57. The average molecular weight is 373 g/mol. The van der Waals surface area contributed by atoms with Gasteiger partial charge < -0.3 is 0 Å². The van der Waals surface area contributed by atoms with E-state index < -0.39 is 23.6 Å². The van der Waals surface area contributed by atoms with Crippen molar-refractivity contribution in [3.63, 3.8) is 0 Å². The first-order valence-electron chi connectivity index (χ1n) is 9.33. The molecule has 0 unspecified atom stereocenters. The third-order valence-corrected chi connectivity index (χ3v) is 6.46. The molecule has 2 amide bonds. The van der Waals surface area contributed by atoms with Gasteiger partial charge in [0.1, 0.15) is 0 Å². The number of anilines is 1. The first-order chi connectivity index (χ1) is 12.9. The van der Waals surface area contributed by atoms with E-state index in [4.69, 9.17) is 0 Å². The van der Waals surface area contributed by atoms with Gasteiger partial charge in [0.2, 0.25) is 11.8 Å². The van der Waals surface area contributed by atoms with Crippen LogP contribution < -0.4 is 4.90 Å². The molecule has 140 valence electrons. The van der Waals surface area contributed by atoms with Crippen LogP contribution in [0.2, 0.25) is 0 Å². The Balaban J connectivity index is 1.52. The summed E-state index contributed by atoms with van der Waals surface area (Å²) >= 11 is 0. The quantitative estimate of drug-likeness (QED) is 0.537. The predicted octanol–water partition coefficient (Wildman–Crippen LogP) is 4.50. The number of amides is 2. The lowest BCUT2D eigenvalue weighted by molar-refractivity contribution is -0.137. The Hall–Kier alpha value is -2.37. The SMILES string of the molecule is O=C1[C@@H]2[C@@H](C(=O)N1c1cccc(C(F)(F)F)c1)[C@H]1C=C[C@@H]2C1=C1CCCC1. The molecule has 0 N–H and O–H groups in total. The maximum atomic E-state index is 13.1. The Morgan fingerprint density at radius 2 is 1.52 bits per heavy atom. The van der Waals surface area contributed by atoms with Crippen LogP contribution in [0.5, 0.6) is 0 Å². The summed E-state index contributed by atoms with van der Waals surface area (Å²) in [4.78, 5) is 27.1. The number of hydrogen-bond donors (Lipinski definition) is 0. The lowest BCUT2D eigenvalue weighted by atomic mass is 9.85. The van der Waals surface area contributed by atoms with Gasteiger partial charge in [-0.15, -0.1) is 0 Å². The Morgan fingerprint density at radius 1 is 0.926 bits per heavy atom. The molecule has 27 heavy (non-hydrogen) atoms. The highest BCUT2D eigenvalue weighted by molar-refractivity contribution is 6.23. The van der Waals surface area contributed by atoms with Crippen LogP contribution >= 0.6 is 0 Å². The van der Waals surface area contributed by atoms with Crippen molar-refractivity contribution in [1.29, 1.82) is 0 Å². The van der Waals surface area contributed by atoms with E-state index >= 15 is 0 Å². The van der Waals surface area contributed by atoms with E-state index in [1.807, 2.05) is 12.2 Å². The molecule has 4 aliphatic rings. The molecule has 1 aromatic rings. The summed E-state index contributed by atoms with van der Waals surface area (Å²) < 4.78 is 39.1. The van der Waals surface area contributed by atoms with Crippen LogP contribution in [-0.2, 0) is 15.8 Å². The fraction of sp³-hybridized carbons (Fsp3) is 0.429. The van der Waals surface area contributed by atoms with Crippen molar-refractivity contribution >= 4 is 17.5 Å². The first kappa shape index (κ1) is 16.8. The number of fused-ring (bicyclic) bond motifs is 5. The number of imide groups is 1. The molecule has 3 nitrogen and oxygen atoms in total. The highest BCUT2D eigenvalue weighted by Gasteiger charge is 2.62. The Bertz CT molecular complexity index is 872. The van der Waals surface area contributed by atoms with Gasteiger partial charge in [-0.25, -0.2) is 4.90 Å². The van der Waals surface area contributed by atoms with E-state index in [-0.39, 0.29) is 29.3 Å². The summed E-state index contributed by atoms with van der Waals surface area (Å²) in [5.74, 6) is -1.80. The lowest BCUT2D eigenvalue weighted by Crippen LogP contribution is -2.33. The van der Waals surface area contributed by atoms with Gasteiger partial charge in [-0.3, -0.25) is 9.59 Å². The lowest BCUT2D eigenvalue weighted by Gasteiger charge is -2.20. The summed E-state index contributed by atoms with van der Waals surface area (Å²) in [6.45, 7) is 0. The number of rotatable bonds is 1. The Morgan fingerprint density at radius 3 is 2.07 bits per heavy atom. The molecule has 2 bridgehead atoms. The summed E-state index contributed by atoms with van der Waals surface area (Å²) in [7, 11) is 0. The molecule has 1 aromatic carbocycles. The van der Waals surface area contributed by atoms with E-state index in [9.17, 15) is 22.8 Å². The van der Waals surface area contributed by atoms with Crippen LogP contribution in [0, 0.1) is 23.7 Å². The second-order valence-electron chi connectivity index (χ2n) is 7.81. The fourth-order valence-electron chi connectivity index (χ4n) is 5.40. The molecule has 0 radical (unpaired) electrons. The number of alkyl halides is 3. The molecular weight excluding hydrogens is 355 g/mol. The average Bonchev–Trinajstić information content (AvgIpc) is 3.37. The monoisotopic (exact) mass is 373 g/mol. The molecule has 0 aromatic heterocycles.